The predicted octanol–water partition coefficient (Wildman–Crippen LogP) is 0.300. The van der Waals surface area contributed by atoms with E-state index in [-0.39, 0.29) is 24.3 Å². The number of nitrogens with one attached hydrogen (secondary N) is 2. The molecule has 4 N–H and O–H groups in total. The Labute approximate surface area is 120 Å². The average Bonchev–Trinajstić information content (AvgIpc) is 2.98. The van der Waals surface area contributed by atoms with Gasteiger partial charge in [-0.3, -0.25) is 20.4 Å². The zero-order valence-corrected chi connectivity index (χ0v) is 11.6. The maximum Gasteiger partial charge on any atom is 0.314 e. The van der Waals surface area contributed by atoms with Crippen LogP contribution in [0.5, 0.6) is 0 Å². The Kier molecular flexibility index (Phi) is 4.57. The molecule has 1 aliphatic rings. The fraction of sp³-hybridized carbons (Fsp3) is 0.417. The highest BCUT2D eigenvalue weighted by Gasteiger charge is 2.27. The largest absolute Gasteiger partial charge is 0.351 e. The van der Waals surface area contributed by atoms with Crippen molar-refractivity contribution >= 4 is 29.2 Å². The third-order valence-electron chi connectivity index (χ3n) is 3.15. The second-order valence-corrected chi connectivity index (χ2v) is 5.49. The molecule has 4 amide bonds. The SMILES string of the molecule is NC(=O)N1CCC[C@H](C(=O)NNC(=O)c2cccs2)C1. The highest BCUT2D eigenvalue weighted by atomic mass is 32.1. The van der Waals surface area contributed by atoms with E-state index in [2.05, 4.69) is 10.9 Å². The summed E-state index contributed by atoms with van der Waals surface area (Å²) >= 11 is 1.29. The topological polar surface area (TPSA) is 105 Å². The smallest absolute Gasteiger partial charge is 0.314 e. The molecule has 2 heterocycles. The molecule has 0 bridgehead atoms. The summed E-state index contributed by atoms with van der Waals surface area (Å²) in [5, 5.41) is 1.78. The van der Waals surface area contributed by atoms with Crippen molar-refractivity contribution in [2.24, 2.45) is 11.7 Å². The third-order valence-corrected chi connectivity index (χ3v) is 4.02. The van der Waals surface area contributed by atoms with Crippen molar-refractivity contribution in [1.29, 1.82) is 0 Å². The van der Waals surface area contributed by atoms with Gasteiger partial charge in [-0.1, -0.05) is 6.07 Å². The number of nitrogens with zero attached hydrogens (tertiary/aromatic N) is 1. The van der Waals surface area contributed by atoms with Crippen LogP contribution in [0.3, 0.4) is 0 Å². The van der Waals surface area contributed by atoms with Crippen LogP contribution in [0.4, 0.5) is 4.79 Å². The predicted molar refractivity (Wildman–Crippen MR) is 73.8 cm³/mol. The molecular formula is C12H16N4O3S. The van der Waals surface area contributed by atoms with Gasteiger partial charge in [0.25, 0.3) is 5.91 Å². The Bertz CT molecular complexity index is 503. The van der Waals surface area contributed by atoms with Crippen LogP contribution in [0.2, 0.25) is 0 Å². The molecular weight excluding hydrogens is 280 g/mol. The number of hydrogen-bond donors (Lipinski definition) is 3. The lowest BCUT2D eigenvalue weighted by atomic mass is 9.98. The van der Waals surface area contributed by atoms with Gasteiger partial charge in [-0.25, -0.2) is 4.79 Å². The van der Waals surface area contributed by atoms with Gasteiger partial charge >= 0.3 is 6.03 Å². The summed E-state index contributed by atoms with van der Waals surface area (Å²) in [5.74, 6) is -1.00. The number of piperidine rings is 1. The average molecular weight is 296 g/mol. The molecule has 20 heavy (non-hydrogen) atoms. The molecule has 1 fully saturated rings. The number of likely N-dealkylation sites (tertiary alicyclic amines) is 1. The molecule has 1 atom stereocenters. The van der Waals surface area contributed by atoms with Crippen LogP contribution in [0.1, 0.15) is 22.5 Å². The number of hydrazine groups is 1. The molecule has 1 saturated heterocycles. The molecule has 0 saturated carbocycles. The molecule has 0 radical (unpaired) electrons. The molecule has 108 valence electrons. The highest BCUT2D eigenvalue weighted by Crippen LogP contribution is 2.16. The van der Waals surface area contributed by atoms with Crippen molar-refractivity contribution in [2.75, 3.05) is 13.1 Å². The van der Waals surface area contributed by atoms with E-state index in [1.807, 2.05) is 0 Å². The van der Waals surface area contributed by atoms with E-state index in [1.165, 1.54) is 16.2 Å². The van der Waals surface area contributed by atoms with Crippen LogP contribution in [0.15, 0.2) is 17.5 Å². The summed E-state index contributed by atoms with van der Waals surface area (Å²) < 4.78 is 0. The van der Waals surface area contributed by atoms with E-state index in [0.29, 0.717) is 17.8 Å². The van der Waals surface area contributed by atoms with Crippen LogP contribution in [0.25, 0.3) is 0 Å². The van der Waals surface area contributed by atoms with Gasteiger partial charge in [0, 0.05) is 13.1 Å². The number of carbonyl (C=O) groups is 3. The lowest BCUT2D eigenvalue weighted by Crippen LogP contribution is -2.50. The molecule has 2 rings (SSSR count). The lowest BCUT2D eigenvalue weighted by Gasteiger charge is -2.30. The number of hydrogen-bond acceptors (Lipinski definition) is 4. The number of carbonyl (C=O) groups excluding carboxylic acids is 3. The first kappa shape index (κ1) is 14.3. The van der Waals surface area contributed by atoms with Crippen molar-refractivity contribution in [2.45, 2.75) is 12.8 Å². The number of amides is 4. The van der Waals surface area contributed by atoms with Gasteiger partial charge in [-0.2, -0.15) is 0 Å². The van der Waals surface area contributed by atoms with E-state index in [9.17, 15) is 14.4 Å². The molecule has 0 aromatic carbocycles. The van der Waals surface area contributed by atoms with Gasteiger partial charge in [-0.05, 0) is 24.3 Å². The second kappa shape index (κ2) is 6.38. The standard InChI is InChI=1S/C12H16N4O3S/c13-12(19)16-5-1-3-8(7-16)10(17)14-15-11(18)9-4-2-6-20-9/h2,4,6,8H,1,3,5,7H2,(H2,13,19)(H,14,17)(H,15,18)/t8-/m0/s1. The zero-order chi connectivity index (χ0) is 14.5. The van der Waals surface area contributed by atoms with E-state index >= 15 is 0 Å². The summed E-state index contributed by atoms with van der Waals surface area (Å²) in [6.45, 7) is 0.858. The summed E-state index contributed by atoms with van der Waals surface area (Å²) in [7, 11) is 0. The summed E-state index contributed by atoms with van der Waals surface area (Å²) in [4.78, 5) is 36.7. The Balaban J connectivity index is 1.82. The molecule has 0 spiro atoms. The summed E-state index contributed by atoms with van der Waals surface area (Å²) in [5.41, 5.74) is 9.96. The molecule has 0 unspecified atom stereocenters. The number of primary amides is 1. The fourth-order valence-electron chi connectivity index (χ4n) is 2.08. The van der Waals surface area contributed by atoms with Crippen molar-refractivity contribution in [1.82, 2.24) is 15.8 Å². The van der Waals surface area contributed by atoms with Gasteiger partial charge in [0.2, 0.25) is 5.91 Å². The molecule has 7 nitrogen and oxygen atoms in total. The Morgan fingerprint density at radius 2 is 2.15 bits per heavy atom. The monoisotopic (exact) mass is 296 g/mol. The Morgan fingerprint density at radius 1 is 1.35 bits per heavy atom. The first-order valence-electron chi connectivity index (χ1n) is 6.26. The van der Waals surface area contributed by atoms with Gasteiger partial charge < -0.3 is 10.6 Å². The number of urea groups is 1. The maximum atomic E-state index is 11.9. The van der Waals surface area contributed by atoms with Gasteiger partial charge in [0.05, 0.1) is 10.8 Å². The van der Waals surface area contributed by atoms with Gasteiger partial charge in [0.1, 0.15) is 0 Å². The van der Waals surface area contributed by atoms with E-state index < -0.39 is 6.03 Å². The van der Waals surface area contributed by atoms with Crippen molar-refractivity contribution in [3.63, 3.8) is 0 Å². The minimum Gasteiger partial charge on any atom is -0.351 e. The molecule has 1 aromatic rings. The summed E-state index contributed by atoms with van der Waals surface area (Å²) in [6, 6.07) is 2.90. The van der Waals surface area contributed by atoms with Crippen LogP contribution in [0, 0.1) is 5.92 Å². The van der Waals surface area contributed by atoms with Gasteiger partial charge in [-0.15, -0.1) is 11.3 Å². The number of rotatable bonds is 2. The van der Waals surface area contributed by atoms with E-state index in [0.717, 1.165) is 6.42 Å². The normalized spacial score (nSPS) is 18.4. The van der Waals surface area contributed by atoms with Crippen LogP contribution in [-0.2, 0) is 4.79 Å². The van der Waals surface area contributed by atoms with Crippen molar-refractivity contribution in [3.8, 4) is 0 Å². The Hall–Kier alpha value is -2.09. The molecule has 1 aliphatic heterocycles. The molecule has 0 aliphatic carbocycles. The van der Waals surface area contributed by atoms with Crippen LogP contribution < -0.4 is 16.6 Å². The minimum atomic E-state index is -0.523. The van der Waals surface area contributed by atoms with Crippen LogP contribution >= 0.6 is 11.3 Å². The first-order chi connectivity index (χ1) is 9.58. The molecule has 8 heteroatoms. The van der Waals surface area contributed by atoms with Crippen LogP contribution in [-0.4, -0.2) is 35.8 Å². The number of thiophene rings is 1. The van der Waals surface area contributed by atoms with E-state index in [1.54, 1.807) is 17.5 Å². The van der Waals surface area contributed by atoms with Crippen molar-refractivity contribution < 1.29 is 14.4 Å². The zero-order valence-electron chi connectivity index (χ0n) is 10.8. The highest BCUT2D eigenvalue weighted by molar-refractivity contribution is 7.12. The fourth-order valence-corrected chi connectivity index (χ4v) is 2.70. The maximum absolute atomic E-state index is 11.9. The van der Waals surface area contributed by atoms with Crippen molar-refractivity contribution in [3.05, 3.63) is 22.4 Å². The lowest BCUT2D eigenvalue weighted by molar-refractivity contribution is -0.127. The number of nitrogens with two attached hydrogens (primary N) is 1. The van der Waals surface area contributed by atoms with Gasteiger partial charge in [0.15, 0.2) is 0 Å². The summed E-state index contributed by atoms with van der Waals surface area (Å²) in [6.07, 6.45) is 1.39. The Morgan fingerprint density at radius 3 is 2.80 bits per heavy atom. The third kappa shape index (κ3) is 3.47. The minimum absolute atomic E-state index is 0.288. The second-order valence-electron chi connectivity index (χ2n) is 4.54. The first-order valence-corrected chi connectivity index (χ1v) is 7.14. The van der Waals surface area contributed by atoms with E-state index in [4.69, 9.17) is 5.73 Å². The quantitative estimate of drug-likeness (QED) is 0.684. The molecule has 1 aromatic heterocycles.